The molecule has 2 aromatic rings. The van der Waals surface area contributed by atoms with E-state index >= 15 is 0 Å². The number of carbonyl (C=O) groups is 1. The van der Waals surface area contributed by atoms with Crippen LogP contribution in [0.15, 0.2) is 24.5 Å². The van der Waals surface area contributed by atoms with Gasteiger partial charge < -0.3 is 5.32 Å². The van der Waals surface area contributed by atoms with E-state index in [2.05, 4.69) is 20.5 Å². The molecule has 1 aromatic carbocycles. The van der Waals surface area contributed by atoms with Crippen molar-refractivity contribution in [1.29, 1.82) is 0 Å². The van der Waals surface area contributed by atoms with Crippen LogP contribution in [0.4, 0.5) is 0 Å². The van der Waals surface area contributed by atoms with Gasteiger partial charge in [-0.2, -0.15) is 5.10 Å². The Hall–Kier alpha value is -1.59. The predicted molar refractivity (Wildman–Crippen MR) is 82.5 cm³/mol. The first kappa shape index (κ1) is 15.8. The van der Waals surface area contributed by atoms with Crippen LogP contribution in [0.1, 0.15) is 24.7 Å². The van der Waals surface area contributed by atoms with Gasteiger partial charge in [0.15, 0.2) is 0 Å². The monoisotopic (exact) mass is 326 g/mol. The maximum absolute atomic E-state index is 11.9. The summed E-state index contributed by atoms with van der Waals surface area (Å²) in [5, 5.41) is 10.6. The molecule has 5 nitrogen and oxygen atoms in total. The van der Waals surface area contributed by atoms with Crippen molar-refractivity contribution in [3.05, 3.63) is 46.0 Å². The Bertz CT molecular complexity index is 581. The van der Waals surface area contributed by atoms with Crippen molar-refractivity contribution in [3.63, 3.8) is 0 Å². The highest BCUT2D eigenvalue weighted by Gasteiger charge is 2.13. The molecule has 7 heteroatoms. The second kappa shape index (κ2) is 7.43. The second-order valence-corrected chi connectivity index (χ2v) is 5.62. The van der Waals surface area contributed by atoms with Crippen LogP contribution in [-0.2, 0) is 17.6 Å². The third kappa shape index (κ3) is 4.72. The molecule has 1 atom stereocenters. The third-order valence-corrected chi connectivity index (χ3v) is 3.74. The lowest BCUT2D eigenvalue weighted by Gasteiger charge is -2.15. The zero-order chi connectivity index (χ0) is 15.2. The van der Waals surface area contributed by atoms with Gasteiger partial charge in [0.1, 0.15) is 12.2 Å². The van der Waals surface area contributed by atoms with Gasteiger partial charge in [-0.05, 0) is 31.0 Å². The summed E-state index contributed by atoms with van der Waals surface area (Å²) in [4.78, 5) is 15.8. The van der Waals surface area contributed by atoms with E-state index in [4.69, 9.17) is 23.2 Å². The summed E-state index contributed by atoms with van der Waals surface area (Å²) in [7, 11) is 0. The Morgan fingerprint density at radius 3 is 2.71 bits per heavy atom. The van der Waals surface area contributed by atoms with Gasteiger partial charge in [0.05, 0.1) is 0 Å². The Kier molecular flexibility index (Phi) is 5.59. The van der Waals surface area contributed by atoms with Crippen LogP contribution in [0.5, 0.6) is 0 Å². The van der Waals surface area contributed by atoms with Crippen molar-refractivity contribution >= 4 is 29.1 Å². The molecule has 1 heterocycles. The van der Waals surface area contributed by atoms with Crippen LogP contribution in [-0.4, -0.2) is 27.1 Å². The normalized spacial score (nSPS) is 12.1. The number of halogens is 2. The number of nitrogens with one attached hydrogen (secondary N) is 2. The van der Waals surface area contributed by atoms with E-state index in [9.17, 15) is 4.79 Å². The van der Waals surface area contributed by atoms with Crippen molar-refractivity contribution < 1.29 is 4.79 Å². The van der Waals surface area contributed by atoms with Crippen molar-refractivity contribution in [1.82, 2.24) is 20.5 Å². The molecule has 2 N–H and O–H groups in total. The fourth-order valence-electron chi connectivity index (χ4n) is 2.01. The van der Waals surface area contributed by atoms with E-state index in [1.54, 1.807) is 18.2 Å². The largest absolute Gasteiger partial charge is 0.353 e. The van der Waals surface area contributed by atoms with Crippen LogP contribution in [0.2, 0.25) is 10.0 Å². The topological polar surface area (TPSA) is 70.7 Å². The summed E-state index contributed by atoms with van der Waals surface area (Å²) in [6.45, 7) is 1.92. The first-order chi connectivity index (χ1) is 10.1. The lowest BCUT2D eigenvalue weighted by Crippen LogP contribution is -2.34. The van der Waals surface area contributed by atoms with Gasteiger partial charge >= 0.3 is 0 Å². The minimum atomic E-state index is -0.0513. The fourth-order valence-corrected chi connectivity index (χ4v) is 2.57. The summed E-state index contributed by atoms with van der Waals surface area (Å²) in [5.41, 5.74) is 0.851. The highest BCUT2D eigenvalue weighted by molar-refractivity contribution is 6.36. The molecule has 0 saturated heterocycles. The molecule has 1 amide bonds. The van der Waals surface area contributed by atoms with Crippen LogP contribution in [0.25, 0.3) is 0 Å². The van der Waals surface area contributed by atoms with Crippen LogP contribution in [0.3, 0.4) is 0 Å². The molecule has 0 bridgehead atoms. The highest BCUT2D eigenvalue weighted by atomic mass is 35.5. The standard InChI is InChI=1S/C14H16Cl2N4O/c1-9(7-10-11(15)3-2-4-12(10)16)19-14(21)6-5-13-17-8-18-20-13/h2-4,8-9H,5-7H2,1H3,(H,19,21)(H,17,18,20)/t9-/m1/s1. The van der Waals surface area contributed by atoms with Gasteiger partial charge in [0.25, 0.3) is 0 Å². The number of carbonyl (C=O) groups excluding carboxylic acids is 1. The number of hydrogen-bond donors (Lipinski definition) is 2. The quantitative estimate of drug-likeness (QED) is 0.857. The zero-order valence-corrected chi connectivity index (χ0v) is 13.1. The van der Waals surface area contributed by atoms with Gasteiger partial charge in [0, 0.05) is 28.9 Å². The van der Waals surface area contributed by atoms with E-state index < -0.39 is 0 Å². The summed E-state index contributed by atoms with van der Waals surface area (Å²) >= 11 is 12.2. The molecule has 1 aromatic heterocycles. The number of nitrogens with zero attached hydrogens (tertiary/aromatic N) is 2. The van der Waals surface area contributed by atoms with E-state index in [1.165, 1.54) is 6.33 Å². The zero-order valence-electron chi connectivity index (χ0n) is 11.6. The van der Waals surface area contributed by atoms with Crippen LogP contribution in [0, 0.1) is 0 Å². The molecule has 112 valence electrons. The fraction of sp³-hybridized carbons (Fsp3) is 0.357. The maximum Gasteiger partial charge on any atom is 0.220 e. The van der Waals surface area contributed by atoms with Crippen LogP contribution >= 0.6 is 23.2 Å². The van der Waals surface area contributed by atoms with Gasteiger partial charge in [-0.1, -0.05) is 29.3 Å². The first-order valence-corrected chi connectivity index (χ1v) is 7.38. The number of aromatic amines is 1. The first-order valence-electron chi connectivity index (χ1n) is 6.62. The van der Waals surface area contributed by atoms with Crippen molar-refractivity contribution in [2.45, 2.75) is 32.2 Å². The molecule has 0 saturated carbocycles. The summed E-state index contributed by atoms with van der Waals surface area (Å²) < 4.78 is 0. The molecule has 0 spiro atoms. The lowest BCUT2D eigenvalue weighted by molar-refractivity contribution is -0.121. The van der Waals surface area contributed by atoms with E-state index in [1.807, 2.05) is 6.92 Å². The average Bonchev–Trinajstić information content (AvgIpc) is 2.94. The minimum absolute atomic E-state index is 0.0397. The Morgan fingerprint density at radius 1 is 1.38 bits per heavy atom. The number of H-pyrrole nitrogens is 1. The summed E-state index contributed by atoms with van der Waals surface area (Å²) in [5.74, 6) is 0.661. The van der Waals surface area contributed by atoms with Crippen LogP contribution < -0.4 is 5.32 Å². The summed E-state index contributed by atoms with van der Waals surface area (Å²) in [6.07, 6.45) is 2.91. The minimum Gasteiger partial charge on any atom is -0.353 e. The highest BCUT2D eigenvalue weighted by Crippen LogP contribution is 2.25. The smallest absolute Gasteiger partial charge is 0.220 e. The molecule has 0 radical (unpaired) electrons. The summed E-state index contributed by atoms with van der Waals surface area (Å²) in [6, 6.07) is 5.33. The lowest BCUT2D eigenvalue weighted by atomic mass is 10.1. The number of aryl methyl sites for hydroxylation is 1. The van der Waals surface area contributed by atoms with E-state index in [0.717, 1.165) is 5.56 Å². The Labute approximate surface area is 133 Å². The second-order valence-electron chi connectivity index (χ2n) is 4.81. The third-order valence-electron chi connectivity index (χ3n) is 3.03. The molecule has 0 aliphatic carbocycles. The molecule has 0 fully saturated rings. The maximum atomic E-state index is 11.9. The van der Waals surface area contributed by atoms with Gasteiger partial charge in [-0.25, -0.2) is 4.98 Å². The number of rotatable bonds is 6. The average molecular weight is 327 g/mol. The SMILES string of the molecule is C[C@H](Cc1c(Cl)cccc1Cl)NC(=O)CCc1ncn[nH]1. The van der Waals surface area contributed by atoms with Gasteiger partial charge in [0.2, 0.25) is 5.91 Å². The van der Waals surface area contributed by atoms with Crippen molar-refractivity contribution in [3.8, 4) is 0 Å². The van der Waals surface area contributed by atoms with Crippen molar-refractivity contribution in [2.75, 3.05) is 0 Å². The van der Waals surface area contributed by atoms with Gasteiger partial charge in [-0.3, -0.25) is 9.89 Å². The Morgan fingerprint density at radius 2 is 2.10 bits per heavy atom. The number of amides is 1. The number of aromatic nitrogens is 3. The predicted octanol–water partition coefficient (Wildman–Crippen LogP) is 2.79. The van der Waals surface area contributed by atoms with Gasteiger partial charge in [-0.15, -0.1) is 0 Å². The Balaban J connectivity index is 1.83. The molecule has 0 unspecified atom stereocenters. The van der Waals surface area contributed by atoms with E-state index in [0.29, 0.717) is 35.1 Å². The number of hydrogen-bond acceptors (Lipinski definition) is 3. The van der Waals surface area contributed by atoms with Crippen molar-refractivity contribution in [2.24, 2.45) is 0 Å². The van der Waals surface area contributed by atoms with E-state index in [-0.39, 0.29) is 11.9 Å². The molecule has 0 aliphatic rings. The molecular formula is C14H16Cl2N4O. The molecule has 2 rings (SSSR count). The molecule has 0 aliphatic heterocycles. The molecular weight excluding hydrogens is 311 g/mol. The molecule has 21 heavy (non-hydrogen) atoms. The number of benzene rings is 1.